The molecule has 0 aliphatic rings. The fourth-order valence-electron chi connectivity index (χ4n) is 2.89. The summed E-state index contributed by atoms with van der Waals surface area (Å²) in [6.07, 6.45) is -3.95. The van der Waals surface area contributed by atoms with E-state index in [1.807, 2.05) is 38.1 Å². The first-order valence-electron chi connectivity index (χ1n) is 8.09. The number of para-hydroxylation sites is 1. The minimum atomic E-state index is -4.22. The molecule has 2 aromatic rings. The summed E-state index contributed by atoms with van der Waals surface area (Å²) in [4.78, 5) is 0. The number of hydrogen-bond donors (Lipinski definition) is 1. The standard InChI is InChI=1S/C18H22F3N3/c1-4-13-8-6-7-9-16(13)24-17(12(3)22)14(15(5-2)23-24)10-11-18(19,20)21/h6-9,22H,4-5,10-11H2,1-3H3. The van der Waals surface area contributed by atoms with Crippen LogP contribution in [0.15, 0.2) is 24.3 Å². The van der Waals surface area contributed by atoms with Crippen LogP contribution >= 0.6 is 0 Å². The number of halogens is 3. The molecular weight excluding hydrogens is 315 g/mol. The first kappa shape index (κ1) is 18.2. The monoisotopic (exact) mass is 337 g/mol. The molecule has 0 atom stereocenters. The van der Waals surface area contributed by atoms with Gasteiger partial charge in [0.15, 0.2) is 0 Å². The molecule has 0 saturated carbocycles. The molecule has 6 heteroatoms. The summed E-state index contributed by atoms with van der Waals surface area (Å²) in [6, 6.07) is 7.67. The molecule has 0 unspecified atom stereocenters. The molecule has 1 N–H and O–H groups in total. The van der Waals surface area contributed by atoms with Gasteiger partial charge >= 0.3 is 6.18 Å². The Balaban J connectivity index is 2.61. The third-order valence-corrected chi connectivity index (χ3v) is 4.02. The largest absolute Gasteiger partial charge is 0.389 e. The molecule has 0 saturated heterocycles. The van der Waals surface area contributed by atoms with Gasteiger partial charge in [-0.15, -0.1) is 0 Å². The Labute approximate surface area is 140 Å². The van der Waals surface area contributed by atoms with Gasteiger partial charge in [0.2, 0.25) is 0 Å². The lowest BCUT2D eigenvalue weighted by Crippen LogP contribution is -2.13. The van der Waals surface area contributed by atoms with Crippen molar-refractivity contribution in [1.82, 2.24) is 9.78 Å². The average molecular weight is 337 g/mol. The summed E-state index contributed by atoms with van der Waals surface area (Å²) in [5.74, 6) is 0. The van der Waals surface area contributed by atoms with Gasteiger partial charge in [0.1, 0.15) is 0 Å². The summed E-state index contributed by atoms with van der Waals surface area (Å²) in [6.45, 7) is 5.49. The average Bonchev–Trinajstić information content (AvgIpc) is 2.90. The van der Waals surface area contributed by atoms with Crippen molar-refractivity contribution < 1.29 is 13.2 Å². The minimum Gasteiger partial charge on any atom is -0.303 e. The Bertz CT molecular complexity index is 730. The molecule has 0 radical (unpaired) electrons. The third kappa shape index (κ3) is 3.86. The van der Waals surface area contributed by atoms with Crippen molar-refractivity contribution in [3.05, 3.63) is 46.8 Å². The van der Waals surface area contributed by atoms with Gasteiger partial charge in [-0.3, -0.25) is 0 Å². The molecule has 0 aliphatic heterocycles. The van der Waals surface area contributed by atoms with E-state index in [0.717, 1.165) is 17.7 Å². The molecule has 1 aromatic heterocycles. The van der Waals surface area contributed by atoms with Crippen molar-refractivity contribution in [1.29, 1.82) is 5.41 Å². The van der Waals surface area contributed by atoms with E-state index in [9.17, 15) is 13.2 Å². The summed E-state index contributed by atoms with van der Waals surface area (Å²) < 4.78 is 39.7. The number of benzene rings is 1. The molecule has 0 fully saturated rings. The first-order chi connectivity index (χ1) is 11.3. The zero-order valence-corrected chi connectivity index (χ0v) is 14.2. The Kier molecular flexibility index (Phi) is 5.47. The van der Waals surface area contributed by atoms with Crippen molar-refractivity contribution in [3.63, 3.8) is 0 Å². The topological polar surface area (TPSA) is 41.7 Å². The molecule has 1 aromatic carbocycles. The summed E-state index contributed by atoms with van der Waals surface area (Å²) in [5, 5.41) is 12.6. The fraction of sp³-hybridized carbons (Fsp3) is 0.444. The molecule has 0 amide bonds. The second-order valence-corrected chi connectivity index (χ2v) is 5.76. The van der Waals surface area contributed by atoms with Gasteiger partial charge in [-0.25, -0.2) is 4.68 Å². The zero-order valence-electron chi connectivity index (χ0n) is 14.2. The van der Waals surface area contributed by atoms with Crippen molar-refractivity contribution in [2.75, 3.05) is 0 Å². The number of alkyl halides is 3. The maximum Gasteiger partial charge on any atom is 0.389 e. The Morgan fingerprint density at radius 3 is 2.38 bits per heavy atom. The van der Waals surface area contributed by atoms with Crippen LogP contribution < -0.4 is 0 Å². The highest BCUT2D eigenvalue weighted by atomic mass is 19.4. The van der Waals surface area contributed by atoms with Crippen LogP contribution in [0, 0.1) is 5.41 Å². The molecule has 130 valence electrons. The van der Waals surface area contributed by atoms with Crippen LogP contribution in [0.2, 0.25) is 0 Å². The van der Waals surface area contributed by atoms with E-state index in [4.69, 9.17) is 5.41 Å². The minimum absolute atomic E-state index is 0.146. The first-order valence-corrected chi connectivity index (χ1v) is 8.09. The summed E-state index contributed by atoms with van der Waals surface area (Å²) >= 11 is 0. The highest BCUT2D eigenvalue weighted by Crippen LogP contribution is 2.28. The van der Waals surface area contributed by atoms with Gasteiger partial charge in [-0.1, -0.05) is 32.0 Å². The van der Waals surface area contributed by atoms with Crippen LogP contribution in [0.3, 0.4) is 0 Å². The number of nitrogens with one attached hydrogen (secondary N) is 1. The van der Waals surface area contributed by atoms with E-state index in [1.165, 1.54) is 0 Å². The number of aromatic nitrogens is 2. The molecule has 0 spiro atoms. The van der Waals surface area contributed by atoms with Gasteiger partial charge in [-0.05, 0) is 37.8 Å². The van der Waals surface area contributed by atoms with E-state index < -0.39 is 12.6 Å². The van der Waals surface area contributed by atoms with E-state index in [1.54, 1.807) is 11.6 Å². The number of hydrogen-bond acceptors (Lipinski definition) is 2. The van der Waals surface area contributed by atoms with Crippen LogP contribution in [-0.2, 0) is 19.3 Å². The van der Waals surface area contributed by atoms with E-state index in [0.29, 0.717) is 23.4 Å². The van der Waals surface area contributed by atoms with E-state index in [2.05, 4.69) is 5.10 Å². The molecule has 1 heterocycles. The van der Waals surface area contributed by atoms with Crippen LogP contribution in [-0.4, -0.2) is 21.7 Å². The van der Waals surface area contributed by atoms with Crippen LogP contribution in [0.25, 0.3) is 5.69 Å². The second-order valence-electron chi connectivity index (χ2n) is 5.76. The maximum atomic E-state index is 12.7. The van der Waals surface area contributed by atoms with Crippen molar-refractivity contribution in [2.24, 2.45) is 0 Å². The SMILES string of the molecule is CCc1ccccc1-n1nc(CC)c(CCC(F)(F)F)c1C(C)=N. The van der Waals surface area contributed by atoms with E-state index in [-0.39, 0.29) is 12.1 Å². The van der Waals surface area contributed by atoms with Crippen molar-refractivity contribution >= 4 is 5.71 Å². The van der Waals surface area contributed by atoms with Gasteiger partial charge in [0, 0.05) is 12.0 Å². The summed E-state index contributed by atoms with van der Waals surface area (Å²) in [7, 11) is 0. The van der Waals surface area contributed by atoms with Crippen molar-refractivity contribution in [3.8, 4) is 5.69 Å². The van der Waals surface area contributed by atoms with Gasteiger partial charge < -0.3 is 5.41 Å². The predicted molar refractivity (Wildman–Crippen MR) is 89.2 cm³/mol. The molecule has 0 bridgehead atoms. The van der Waals surface area contributed by atoms with Gasteiger partial charge in [0.05, 0.1) is 22.8 Å². The number of nitrogens with zero attached hydrogens (tertiary/aromatic N) is 2. The Morgan fingerprint density at radius 1 is 1.17 bits per heavy atom. The molecule has 24 heavy (non-hydrogen) atoms. The fourth-order valence-corrected chi connectivity index (χ4v) is 2.89. The van der Waals surface area contributed by atoms with Crippen LogP contribution in [0.1, 0.15) is 49.7 Å². The Hall–Kier alpha value is -2.11. The summed E-state index contributed by atoms with van der Waals surface area (Å²) in [5.41, 5.74) is 3.75. The van der Waals surface area contributed by atoms with Gasteiger partial charge in [-0.2, -0.15) is 18.3 Å². The lowest BCUT2D eigenvalue weighted by atomic mass is 10.0. The maximum absolute atomic E-state index is 12.7. The molecule has 3 nitrogen and oxygen atoms in total. The lowest BCUT2D eigenvalue weighted by Gasteiger charge is -2.12. The second kappa shape index (κ2) is 7.20. The predicted octanol–water partition coefficient (Wildman–Crippen LogP) is 4.88. The van der Waals surface area contributed by atoms with Gasteiger partial charge in [0.25, 0.3) is 0 Å². The number of rotatable bonds is 6. The normalized spacial score (nSPS) is 11.8. The highest BCUT2D eigenvalue weighted by Gasteiger charge is 2.29. The molecule has 0 aliphatic carbocycles. The molecular formula is C18H22F3N3. The van der Waals surface area contributed by atoms with Crippen LogP contribution in [0.5, 0.6) is 0 Å². The zero-order chi connectivity index (χ0) is 17.9. The highest BCUT2D eigenvalue weighted by molar-refractivity contribution is 5.97. The number of aryl methyl sites for hydroxylation is 2. The third-order valence-electron chi connectivity index (χ3n) is 4.02. The lowest BCUT2D eigenvalue weighted by molar-refractivity contribution is -0.134. The quantitative estimate of drug-likeness (QED) is 0.750. The van der Waals surface area contributed by atoms with Crippen LogP contribution in [0.4, 0.5) is 13.2 Å². The van der Waals surface area contributed by atoms with E-state index >= 15 is 0 Å². The molecule has 2 rings (SSSR count). The smallest absolute Gasteiger partial charge is 0.303 e. The Morgan fingerprint density at radius 2 is 1.83 bits per heavy atom. The van der Waals surface area contributed by atoms with Crippen molar-refractivity contribution in [2.45, 2.75) is 52.6 Å².